The smallest absolute Gasteiger partial charge is 0.278 e. The zero-order chi connectivity index (χ0) is 18.0. The summed E-state index contributed by atoms with van der Waals surface area (Å²) in [5.74, 6) is -0.808. The molecule has 2 aromatic carbocycles. The second kappa shape index (κ2) is 6.76. The second-order valence-electron chi connectivity index (χ2n) is 5.44. The molecule has 0 bridgehead atoms. The Kier molecular flexibility index (Phi) is 4.52. The number of anilines is 1. The lowest BCUT2D eigenvalue weighted by Crippen LogP contribution is -2.32. The third kappa shape index (κ3) is 2.98. The normalized spacial score (nSPS) is 14.3. The number of nitrogens with one attached hydrogen (secondary N) is 1. The van der Waals surface area contributed by atoms with Crippen LogP contribution >= 0.6 is 0 Å². The number of likely N-dealkylation sites (N-methyl/N-ethyl adjacent to an activating group) is 1. The fraction of sp³-hybridized carbons (Fsp3) is 0.158. The van der Waals surface area contributed by atoms with Crippen molar-refractivity contribution < 1.29 is 18.7 Å². The van der Waals surface area contributed by atoms with Crippen LogP contribution in [0, 0.1) is 5.82 Å². The Hall–Kier alpha value is -3.15. The van der Waals surface area contributed by atoms with Gasteiger partial charge in [0.1, 0.15) is 17.3 Å². The van der Waals surface area contributed by atoms with Crippen molar-refractivity contribution in [2.75, 3.05) is 19.0 Å². The third-order valence-corrected chi connectivity index (χ3v) is 3.95. The fourth-order valence-corrected chi connectivity index (χ4v) is 2.79. The van der Waals surface area contributed by atoms with Gasteiger partial charge in [0.2, 0.25) is 0 Å². The molecule has 0 saturated carbocycles. The SMILES string of the molecule is CCN1C(=O)C(Nc2cccc(F)c2)=C(c2ccccc2OC)C1=O. The minimum absolute atomic E-state index is 0.113. The van der Waals surface area contributed by atoms with Gasteiger partial charge in [0.25, 0.3) is 11.8 Å². The lowest BCUT2D eigenvalue weighted by molar-refractivity contribution is -0.136. The van der Waals surface area contributed by atoms with Crippen LogP contribution in [0.25, 0.3) is 5.57 Å². The molecule has 0 aromatic heterocycles. The number of hydrogen-bond acceptors (Lipinski definition) is 4. The molecule has 2 amide bonds. The Morgan fingerprint density at radius 1 is 1.08 bits per heavy atom. The van der Waals surface area contributed by atoms with Crippen molar-refractivity contribution in [2.45, 2.75) is 6.92 Å². The van der Waals surface area contributed by atoms with Gasteiger partial charge in [-0.25, -0.2) is 4.39 Å². The summed E-state index contributed by atoms with van der Waals surface area (Å²) in [5.41, 5.74) is 1.23. The van der Waals surface area contributed by atoms with Gasteiger partial charge in [-0.2, -0.15) is 0 Å². The zero-order valence-electron chi connectivity index (χ0n) is 13.9. The predicted octanol–water partition coefficient (Wildman–Crippen LogP) is 3.05. The summed E-state index contributed by atoms with van der Waals surface area (Å²) < 4.78 is 18.8. The van der Waals surface area contributed by atoms with Crippen molar-refractivity contribution in [3.05, 3.63) is 65.6 Å². The van der Waals surface area contributed by atoms with Gasteiger partial charge in [-0.15, -0.1) is 0 Å². The van der Waals surface area contributed by atoms with Crippen LogP contribution < -0.4 is 10.1 Å². The number of benzene rings is 2. The van der Waals surface area contributed by atoms with Gasteiger partial charge >= 0.3 is 0 Å². The third-order valence-electron chi connectivity index (χ3n) is 3.95. The number of rotatable bonds is 5. The van der Waals surface area contributed by atoms with Gasteiger partial charge in [0.05, 0.1) is 12.7 Å². The molecule has 128 valence electrons. The van der Waals surface area contributed by atoms with Crippen molar-refractivity contribution in [1.29, 1.82) is 0 Å². The van der Waals surface area contributed by atoms with E-state index in [4.69, 9.17) is 4.74 Å². The molecule has 6 heteroatoms. The summed E-state index contributed by atoms with van der Waals surface area (Å²) in [6, 6.07) is 12.7. The van der Waals surface area contributed by atoms with Crippen molar-refractivity contribution >= 4 is 23.1 Å². The number of ether oxygens (including phenoxy) is 1. The molecule has 0 radical (unpaired) electrons. The van der Waals surface area contributed by atoms with Crippen LogP contribution in [0.3, 0.4) is 0 Å². The standard InChI is InChI=1S/C19H17FN2O3/c1-3-22-18(23)16(14-9-4-5-10-15(14)25-2)17(19(22)24)21-13-8-6-7-12(20)11-13/h4-11,21H,3H2,1-2H3. The Labute approximate surface area is 144 Å². The number of hydrogen-bond donors (Lipinski definition) is 1. The molecular weight excluding hydrogens is 323 g/mol. The Bertz CT molecular complexity index is 876. The number of amides is 2. The highest BCUT2D eigenvalue weighted by molar-refractivity contribution is 6.37. The lowest BCUT2D eigenvalue weighted by atomic mass is 10.0. The zero-order valence-corrected chi connectivity index (χ0v) is 13.9. The molecular formula is C19H17FN2O3. The molecule has 1 aliphatic heterocycles. The van der Waals surface area contributed by atoms with Crippen LogP contribution in [-0.2, 0) is 9.59 Å². The maximum Gasteiger partial charge on any atom is 0.278 e. The van der Waals surface area contributed by atoms with Gasteiger partial charge in [-0.05, 0) is 31.2 Å². The topological polar surface area (TPSA) is 58.6 Å². The second-order valence-corrected chi connectivity index (χ2v) is 5.44. The number of carbonyl (C=O) groups is 2. The first-order chi connectivity index (χ1) is 12.1. The Morgan fingerprint density at radius 2 is 1.84 bits per heavy atom. The number of nitrogens with zero attached hydrogens (tertiary/aromatic N) is 1. The average molecular weight is 340 g/mol. The van der Waals surface area contributed by atoms with Crippen molar-refractivity contribution in [1.82, 2.24) is 4.90 Å². The van der Waals surface area contributed by atoms with Gasteiger partial charge in [-0.1, -0.05) is 24.3 Å². The molecule has 0 saturated heterocycles. The van der Waals surface area contributed by atoms with E-state index < -0.39 is 17.6 Å². The van der Waals surface area contributed by atoms with Crippen molar-refractivity contribution in [2.24, 2.45) is 0 Å². The van der Waals surface area contributed by atoms with Crippen LogP contribution in [0.4, 0.5) is 10.1 Å². The molecule has 1 heterocycles. The van der Waals surface area contributed by atoms with Crippen LogP contribution in [0.2, 0.25) is 0 Å². The van der Waals surface area contributed by atoms with Crippen molar-refractivity contribution in [3.63, 3.8) is 0 Å². The van der Waals surface area contributed by atoms with Gasteiger partial charge in [0.15, 0.2) is 0 Å². The molecule has 5 nitrogen and oxygen atoms in total. The summed E-state index contributed by atoms with van der Waals surface area (Å²) in [7, 11) is 1.50. The maximum atomic E-state index is 13.5. The van der Waals surface area contributed by atoms with E-state index in [0.29, 0.717) is 17.0 Å². The van der Waals surface area contributed by atoms with Crippen LogP contribution in [0.5, 0.6) is 5.75 Å². The highest BCUT2D eigenvalue weighted by Gasteiger charge is 2.39. The first-order valence-corrected chi connectivity index (χ1v) is 7.83. The largest absolute Gasteiger partial charge is 0.496 e. The summed E-state index contributed by atoms with van der Waals surface area (Å²) >= 11 is 0. The summed E-state index contributed by atoms with van der Waals surface area (Å²) in [4.78, 5) is 26.6. The molecule has 25 heavy (non-hydrogen) atoms. The minimum Gasteiger partial charge on any atom is -0.496 e. The lowest BCUT2D eigenvalue weighted by Gasteiger charge is -2.12. The molecule has 0 fully saturated rings. The molecule has 0 aliphatic carbocycles. The average Bonchev–Trinajstić information content (AvgIpc) is 2.84. The van der Waals surface area contributed by atoms with Crippen LogP contribution in [-0.4, -0.2) is 30.4 Å². The number of halogens is 1. The van der Waals surface area contributed by atoms with E-state index >= 15 is 0 Å². The molecule has 1 aliphatic rings. The van der Waals surface area contributed by atoms with E-state index in [1.165, 1.54) is 25.3 Å². The highest BCUT2D eigenvalue weighted by Crippen LogP contribution is 2.35. The highest BCUT2D eigenvalue weighted by atomic mass is 19.1. The van der Waals surface area contributed by atoms with Gasteiger partial charge < -0.3 is 10.1 Å². The Balaban J connectivity index is 2.15. The molecule has 3 rings (SSSR count). The van der Waals surface area contributed by atoms with Crippen LogP contribution in [0.15, 0.2) is 54.2 Å². The van der Waals surface area contributed by atoms with Crippen molar-refractivity contribution in [3.8, 4) is 5.75 Å². The first kappa shape index (κ1) is 16.7. The van der Waals surface area contributed by atoms with Crippen LogP contribution in [0.1, 0.15) is 12.5 Å². The summed E-state index contributed by atoms with van der Waals surface area (Å²) in [6.45, 7) is 1.96. The van der Waals surface area contributed by atoms with E-state index in [1.54, 1.807) is 37.3 Å². The number of methoxy groups -OCH3 is 1. The molecule has 1 N–H and O–H groups in total. The Morgan fingerprint density at radius 3 is 2.52 bits per heavy atom. The summed E-state index contributed by atoms with van der Waals surface area (Å²) in [6.07, 6.45) is 0. The maximum absolute atomic E-state index is 13.5. The molecule has 0 spiro atoms. The number of para-hydroxylation sites is 1. The monoisotopic (exact) mass is 340 g/mol. The molecule has 2 aromatic rings. The fourth-order valence-electron chi connectivity index (χ4n) is 2.79. The number of imide groups is 1. The van der Waals surface area contributed by atoms with Gasteiger partial charge in [0, 0.05) is 17.8 Å². The molecule has 0 atom stereocenters. The first-order valence-electron chi connectivity index (χ1n) is 7.83. The summed E-state index contributed by atoms with van der Waals surface area (Å²) in [5, 5.41) is 2.90. The predicted molar refractivity (Wildman–Crippen MR) is 92.3 cm³/mol. The number of carbonyl (C=O) groups excluding carboxylic acids is 2. The van der Waals surface area contributed by atoms with E-state index in [9.17, 15) is 14.0 Å². The van der Waals surface area contributed by atoms with E-state index in [2.05, 4.69) is 5.32 Å². The minimum atomic E-state index is -0.447. The van der Waals surface area contributed by atoms with E-state index in [1.807, 2.05) is 0 Å². The molecule has 0 unspecified atom stereocenters. The van der Waals surface area contributed by atoms with Gasteiger partial charge in [-0.3, -0.25) is 14.5 Å². The van der Waals surface area contributed by atoms with E-state index in [-0.39, 0.29) is 17.8 Å². The van der Waals surface area contributed by atoms with E-state index in [0.717, 1.165) is 4.90 Å². The quantitative estimate of drug-likeness (QED) is 0.850.